The predicted octanol–water partition coefficient (Wildman–Crippen LogP) is 8.25. The maximum absolute atomic E-state index is 10.8. The molecule has 9 aliphatic carbocycles. The van der Waals surface area contributed by atoms with E-state index >= 15 is 0 Å². The van der Waals surface area contributed by atoms with Crippen molar-refractivity contribution < 1.29 is 15.3 Å². The van der Waals surface area contributed by atoms with Crippen LogP contribution in [-0.2, 0) is 0 Å². The highest BCUT2D eigenvalue weighted by Crippen LogP contribution is 2.57. The SMILES string of the molecule is CC(O)(C1CCCC1)C1CC2C=CC1C2.CC1(O)CCCC2C3C=CC(C3)C21.OC(C1CCCC1)C1CC2C=CC1C2. The van der Waals surface area contributed by atoms with E-state index in [4.69, 9.17) is 0 Å². The summed E-state index contributed by atoms with van der Waals surface area (Å²) < 4.78 is 0. The minimum atomic E-state index is -0.388. The molecule has 9 aliphatic rings. The van der Waals surface area contributed by atoms with E-state index in [0.717, 1.165) is 36.0 Å². The highest BCUT2D eigenvalue weighted by atomic mass is 16.3. The van der Waals surface area contributed by atoms with Crippen LogP contribution in [0.1, 0.15) is 117 Å². The summed E-state index contributed by atoms with van der Waals surface area (Å²) in [6, 6.07) is 0. The van der Waals surface area contributed by atoms with Crippen LogP contribution < -0.4 is 0 Å². The zero-order valence-corrected chi connectivity index (χ0v) is 26.6. The number of rotatable bonds is 4. The first-order chi connectivity index (χ1) is 20.2. The summed E-state index contributed by atoms with van der Waals surface area (Å²) in [4.78, 5) is 0. The first-order valence-corrected chi connectivity index (χ1v) is 18.4. The van der Waals surface area contributed by atoms with Crippen LogP contribution in [0.15, 0.2) is 36.5 Å². The molecule has 6 fully saturated rings. The van der Waals surface area contributed by atoms with Gasteiger partial charge in [0.2, 0.25) is 0 Å². The molecule has 0 spiro atoms. The van der Waals surface area contributed by atoms with E-state index in [1.165, 1.54) is 96.3 Å². The summed E-state index contributed by atoms with van der Waals surface area (Å²) in [5, 5.41) is 31.5. The summed E-state index contributed by atoms with van der Waals surface area (Å²) in [5.74, 6) is 8.25. The maximum atomic E-state index is 10.8. The summed E-state index contributed by atoms with van der Waals surface area (Å²) in [7, 11) is 0. The maximum Gasteiger partial charge on any atom is 0.0681 e. The van der Waals surface area contributed by atoms with Crippen LogP contribution in [0.3, 0.4) is 0 Å². The molecule has 13 atom stereocenters. The molecule has 42 heavy (non-hydrogen) atoms. The van der Waals surface area contributed by atoms with E-state index in [0.29, 0.717) is 41.4 Å². The molecule has 9 rings (SSSR count). The van der Waals surface area contributed by atoms with Gasteiger partial charge in [-0.3, -0.25) is 0 Å². The topological polar surface area (TPSA) is 60.7 Å². The average Bonchev–Trinajstić information content (AvgIpc) is 3.83. The van der Waals surface area contributed by atoms with Gasteiger partial charge in [0.1, 0.15) is 0 Å². The van der Waals surface area contributed by atoms with Crippen LogP contribution in [0.5, 0.6) is 0 Å². The molecule has 0 aromatic rings. The smallest absolute Gasteiger partial charge is 0.0681 e. The fraction of sp³-hybridized carbons (Fsp3) is 0.846. The Kier molecular flexibility index (Phi) is 8.37. The van der Waals surface area contributed by atoms with E-state index < -0.39 is 0 Å². The Morgan fingerprint density at radius 3 is 1.90 bits per heavy atom. The van der Waals surface area contributed by atoms with E-state index in [-0.39, 0.29) is 17.3 Å². The van der Waals surface area contributed by atoms with Gasteiger partial charge in [0.15, 0.2) is 0 Å². The van der Waals surface area contributed by atoms with Gasteiger partial charge >= 0.3 is 0 Å². The molecule has 3 heteroatoms. The van der Waals surface area contributed by atoms with Gasteiger partial charge in [0, 0.05) is 0 Å². The van der Waals surface area contributed by atoms with Gasteiger partial charge in [-0.1, -0.05) is 68.6 Å². The monoisotopic (exact) mass is 576 g/mol. The Bertz CT molecular complexity index is 1030. The van der Waals surface area contributed by atoms with Crippen molar-refractivity contribution in [1.29, 1.82) is 0 Å². The van der Waals surface area contributed by atoms with Gasteiger partial charge in [-0.15, -0.1) is 0 Å². The zero-order chi connectivity index (χ0) is 29.1. The quantitative estimate of drug-likeness (QED) is 0.295. The largest absolute Gasteiger partial charge is 0.393 e. The minimum Gasteiger partial charge on any atom is -0.393 e. The summed E-state index contributed by atoms with van der Waals surface area (Å²) in [6.45, 7) is 4.17. The second-order valence-corrected chi connectivity index (χ2v) is 17.0. The third-order valence-corrected chi connectivity index (χ3v) is 14.4. The van der Waals surface area contributed by atoms with Crippen molar-refractivity contribution in [2.75, 3.05) is 0 Å². The number of hydrogen-bond donors (Lipinski definition) is 3. The molecule has 0 radical (unpaired) electrons. The predicted molar refractivity (Wildman–Crippen MR) is 170 cm³/mol. The number of fused-ring (bicyclic) bond motifs is 9. The van der Waals surface area contributed by atoms with Crippen LogP contribution >= 0.6 is 0 Å². The van der Waals surface area contributed by atoms with Crippen molar-refractivity contribution in [2.45, 2.75) is 134 Å². The fourth-order valence-electron chi connectivity index (χ4n) is 12.2. The highest BCUT2D eigenvalue weighted by Gasteiger charge is 2.53. The Morgan fingerprint density at radius 2 is 1.31 bits per heavy atom. The van der Waals surface area contributed by atoms with Crippen LogP contribution in [0.4, 0.5) is 0 Å². The molecule has 6 saturated carbocycles. The Labute approximate surface area is 256 Å². The van der Waals surface area contributed by atoms with E-state index in [9.17, 15) is 15.3 Å². The number of hydrogen-bond acceptors (Lipinski definition) is 3. The molecular formula is C39H60O3. The molecule has 0 heterocycles. The van der Waals surface area contributed by atoms with Gasteiger partial charge in [0.25, 0.3) is 0 Å². The van der Waals surface area contributed by atoms with Crippen molar-refractivity contribution in [3.63, 3.8) is 0 Å². The second-order valence-electron chi connectivity index (χ2n) is 17.0. The molecule has 0 aromatic carbocycles. The zero-order valence-electron chi connectivity index (χ0n) is 26.6. The van der Waals surface area contributed by atoms with Gasteiger partial charge in [-0.2, -0.15) is 0 Å². The first-order valence-electron chi connectivity index (χ1n) is 18.4. The van der Waals surface area contributed by atoms with Crippen molar-refractivity contribution >= 4 is 0 Å². The van der Waals surface area contributed by atoms with E-state index in [1.54, 1.807) is 0 Å². The van der Waals surface area contributed by atoms with E-state index in [2.05, 4.69) is 50.3 Å². The molecule has 3 nitrogen and oxygen atoms in total. The normalized spacial score (nSPS) is 48.2. The van der Waals surface area contributed by atoms with Crippen LogP contribution in [0.25, 0.3) is 0 Å². The third kappa shape index (κ3) is 5.55. The van der Waals surface area contributed by atoms with Gasteiger partial charge < -0.3 is 15.3 Å². The van der Waals surface area contributed by atoms with Gasteiger partial charge in [-0.05, 0) is 155 Å². The highest BCUT2D eigenvalue weighted by molar-refractivity contribution is 5.18. The summed E-state index contributed by atoms with van der Waals surface area (Å²) in [5.41, 5.74) is -0.756. The molecule has 0 aliphatic heterocycles. The standard InChI is InChI=1S/C14H22O.C13H20O.C12H18O/c1-14(15,12-4-2-3-5-12)13-9-10-6-7-11(13)8-10;14-13(10-3-1-2-4-10)12-8-9-5-6-11(12)7-9;1-12(13)6-2-3-10-8-4-5-9(7-8)11(10)12/h6-7,10-13,15H,2-5,8-9H2,1H3;5-6,9-14H,1-4,7-8H2;4-5,8-11,13H,2-3,6-7H2,1H3. The lowest BCUT2D eigenvalue weighted by Crippen LogP contribution is -2.44. The van der Waals surface area contributed by atoms with Crippen molar-refractivity contribution in [3.8, 4) is 0 Å². The van der Waals surface area contributed by atoms with Crippen LogP contribution in [-0.4, -0.2) is 32.6 Å². The van der Waals surface area contributed by atoms with Gasteiger partial charge in [-0.25, -0.2) is 0 Å². The van der Waals surface area contributed by atoms with Crippen molar-refractivity contribution in [1.82, 2.24) is 0 Å². The Morgan fingerprint density at radius 1 is 0.690 bits per heavy atom. The summed E-state index contributed by atoms with van der Waals surface area (Å²) in [6.07, 6.45) is 34.7. The number of aliphatic hydroxyl groups excluding tert-OH is 1. The molecule has 234 valence electrons. The Hall–Kier alpha value is -0.900. The number of allylic oxidation sites excluding steroid dienone is 6. The lowest BCUT2D eigenvalue weighted by molar-refractivity contribution is -0.0640. The molecule has 0 aromatic heterocycles. The first kappa shape index (κ1) is 29.8. The molecule has 6 bridgehead atoms. The number of aliphatic hydroxyl groups is 3. The van der Waals surface area contributed by atoms with Crippen LogP contribution in [0, 0.1) is 71.0 Å². The summed E-state index contributed by atoms with van der Waals surface area (Å²) >= 11 is 0. The molecule has 3 N–H and O–H groups in total. The third-order valence-electron chi connectivity index (χ3n) is 14.4. The molecule has 0 amide bonds. The average molecular weight is 577 g/mol. The van der Waals surface area contributed by atoms with Crippen molar-refractivity contribution in [2.24, 2.45) is 71.0 Å². The lowest BCUT2D eigenvalue weighted by atomic mass is 9.65. The van der Waals surface area contributed by atoms with Crippen LogP contribution in [0.2, 0.25) is 0 Å². The molecule has 0 saturated heterocycles. The van der Waals surface area contributed by atoms with Gasteiger partial charge in [0.05, 0.1) is 17.3 Å². The lowest BCUT2D eigenvalue weighted by Gasteiger charge is -2.43. The van der Waals surface area contributed by atoms with Crippen molar-refractivity contribution in [3.05, 3.63) is 36.5 Å². The minimum absolute atomic E-state index is 0.0115. The molecule has 13 unspecified atom stereocenters. The van der Waals surface area contributed by atoms with E-state index in [1.807, 2.05) is 0 Å². The fourth-order valence-corrected chi connectivity index (χ4v) is 12.2. The molecular weight excluding hydrogens is 516 g/mol. The Balaban J connectivity index is 0.000000103. The second kappa shape index (κ2) is 11.8.